The van der Waals surface area contributed by atoms with Gasteiger partial charge in [-0.1, -0.05) is 42.5 Å². The van der Waals surface area contributed by atoms with Gasteiger partial charge in [-0.15, -0.1) is 0 Å². The lowest BCUT2D eigenvalue weighted by Gasteiger charge is -2.19. The van der Waals surface area contributed by atoms with E-state index in [0.29, 0.717) is 18.4 Å². The average molecular weight is 397 g/mol. The topological polar surface area (TPSA) is 128 Å². The normalized spacial score (nSPS) is 11.7. The van der Waals surface area contributed by atoms with Crippen LogP contribution in [0, 0.1) is 0 Å². The Hall–Kier alpha value is -3.49. The van der Waals surface area contributed by atoms with Crippen LogP contribution in [0.15, 0.2) is 60.7 Å². The molecular weight excluding hydrogens is 374 g/mol. The maximum Gasteiger partial charge on any atom is 0.322 e. The molecule has 2 aromatic carbocycles. The van der Waals surface area contributed by atoms with E-state index in [2.05, 4.69) is 10.6 Å². The summed E-state index contributed by atoms with van der Waals surface area (Å²) in [6.45, 7) is -0.0279. The molecule has 2 aromatic rings. The monoisotopic (exact) mass is 397 g/mol. The third-order valence-electron chi connectivity index (χ3n) is 4.10. The van der Waals surface area contributed by atoms with Gasteiger partial charge in [0.05, 0.1) is 6.04 Å². The highest BCUT2D eigenvalue weighted by atomic mass is 16.5. The molecule has 5 N–H and O–H groups in total. The summed E-state index contributed by atoms with van der Waals surface area (Å²) in [6.07, 6.45) is 3.65. The number of urea groups is 1. The number of hydrogen-bond acceptors (Lipinski definition) is 5. The van der Waals surface area contributed by atoms with Crippen molar-refractivity contribution in [3.8, 4) is 0 Å². The fourth-order valence-corrected chi connectivity index (χ4v) is 2.63. The number of carbonyl (C=O) groups excluding carboxylic acids is 3. The Morgan fingerprint density at radius 2 is 1.69 bits per heavy atom. The molecule has 0 aromatic heterocycles. The second-order valence-corrected chi connectivity index (χ2v) is 6.19. The van der Waals surface area contributed by atoms with E-state index in [1.165, 1.54) is 17.6 Å². The lowest BCUT2D eigenvalue weighted by atomic mass is 10.0. The molecule has 4 amide bonds. The summed E-state index contributed by atoms with van der Waals surface area (Å²) in [5.41, 5.74) is 3.38. The second kappa shape index (κ2) is 11.4. The first kappa shape index (κ1) is 21.8. The van der Waals surface area contributed by atoms with E-state index < -0.39 is 23.9 Å². The van der Waals surface area contributed by atoms with Crippen molar-refractivity contribution in [3.05, 3.63) is 77.4 Å². The quantitative estimate of drug-likeness (QED) is 0.265. The van der Waals surface area contributed by atoms with E-state index in [0.717, 1.165) is 11.1 Å². The fraction of sp³-hybridized carbons (Fsp3) is 0.190. The number of rotatable bonds is 8. The van der Waals surface area contributed by atoms with Gasteiger partial charge in [-0.25, -0.2) is 10.3 Å². The molecule has 0 aliphatic rings. The lowest BCUT2D eigenvalue weighted by molar-refractivity contribution is -0.124. The highest BCUT2D eigenvalue weighted by molar-refractivity contribution is 6.04. The van der Waals surface area contributed by atoms with Crippen molar-refractivity contribution in [2.75, 3.05) is 6.61 Å². The van der Waals surface area contributed by atoms with Gasteiger partial charge in [-0.2, -0.15) is 0 Å². The second-order valence-electron chi connectivity index (χ2n) is 6.19. The van der Waals surface area contributed by atoms with Crippen LogP contribution >= 0.6 is 0 Å². The van der Waals surface area contributed by atoms with E-state index in [1.54, 1.807) is 54.6 Å². The number of amides is 4. The Kier molecular flexibility index (Phi) is 8.55. The summed E-state index contributed by atoms with van der Waals surface area (Å²) in [4.78, 5) is 35.4. The van der Waals surface area contributed by atoms with Crippen molar-refractivity contribution < 1.29 is 24.7 Å². The van der Waals surface area contributed by atoms with Crippen LogP contribution in [-0.4, -0.2) is 34.8 Å². The number of hydroxylamine groups is 1. The molecule has 29 heavy (non-hydrogen) atoms. The predicted molar refractivity (Wildman–Crippen MR) is 107 cm³/mol. The SMILES string of the molecule is O=C(C=Cc1ccc(C(CCCO)NC(=O)NC(=O)c2ccccc2)cc1)NO. The van der Waals surface area contributed by atoms with Crippen LogP contribution in [0.25, 0.3) is 6.08 Å². The van der Waals surface area contributed by atoms with Crippen LogP contribution < -0.4 is 16.1 Å². The lowest BCUT2D eigenvalue weighted by Crippen LogP contribution is -2.41. The fourth-order valence-electron chi connectivity index (χ4n) is 2.63. The molecule has 0 fully saturated rings. The molecule has 0 radical (unpaired) electrons. The van der Waals surface area contributed by atoms with E-state index in [-0.39, 0.29) is 6.61 Å². The van der Waals surface area contributed by atoms with Crippen LogP contribution in [0.4, 0.5) is 4.79 Å². The van der Waals surface area contributed by atoms with Gasteiger partial charge >= 0.3 is 6.03 Å². The molecule has 0 saturated carbocycles. The maximum absolute atomic E-state index is 12.3. The highest BCUT2D eigenvalue weighted by Gasteiger charge is 2.16. The number of aliphatic hydroxyl groups is 1. The zero-order valence-electron chi connectivity index (χ0n) is 15.7. The number of hydrogen-bond donors (Lipinski definition) is 5. The molecule has 0 heterocycles. The number of imide groups is 1. The molecule has 8 nitrogen and oxygen atoms in total. The molecule has 0 aliphatic carbocycles. The Morgan fingerprint density at radius 3 is 2.31 bits per heavy atom. The first-order valence-electron chi connectivity index (χ1n) is 9.03. The van der Waals surface area contributed by atoms with Crippen LogP contribution in [0.1, 0.15) is 40.4 Å². The third-order valence-corrected chi connectivity index (χ3v) is 4.10. The van der Waals surface area contributed by atoms with Gasteiger partial charge in [0.2, 0.25) is 0 Å². The van der Waals surface area contributed by atoms with Crippen LogP contribution in [-0.2, 0) is 4.79 Å². The Morgan fingerprint density at radius 1 is 1.00 bits per heavy atom. The van der Waals surface area contributed by atoms with Crippen molar-refractivity contribution in [2.45, 2.75) is 18.9 Å². The molecule has 8 heteroatoms. The van der Waals surface area contributed by atoms with E-state index >= 15 is 0 Å². The summed E-state index contributed by atoms with van der Waals surface area (Å²) < 4.78 is 0. The van der Waals surface area contributed by atoms with E-state index in [1.807, 2.05) is 0 Å². The minimum Gasteiger partial charge on any atom is -0.396 e. The Balaban J connectivity index is 2.04. The molecular formula is C21H23N3O5. The van der Waals surface area contributed by atoms with Crippen molar-refractivity contribution in [1.29, 1.82) is 0 Å². The molecule has 152 valence electrons. The first-order valence-corrected chi connectivity index (χ1v) is 9.03. The zero-order valence-corrected chi connectivity index (χ0v) is 15.7. The molecule has 1 atom stereocenters. The number of nitrogens with one attached hydrogen (secondary N) is 3. The summed E-state index contributed by atoms with van der Waals surface area (Å²) in [5, 5.41) is 22.7. The van der Waals surface area contributed by atoms with Crippen molar-refractivity contribution >= 4 is 23.9 Å². The number of benzene rings is 2. The van der Waals surface area contributed by atoms with Gasteiger partial charge < -0.3 is 10.4 Å². The van der Waals surface area contributed by atoms with Gasteiger partial charge in [-0.3, -0.25) is 20.1 Å². The predicted octanol–water partition coefficient (Wildman–Crippen LogP) is 2.16. The Labute approximate surface area is 168 Å². The molecule has 1 unspecified atom stereocenters. The standard InChI is InChI=1S/C21H23N3O5/c25-14-4-7-18(16-11-8-15(9-12-16)10-13-19(26)24-29)22-21(28)23-20(27)17-5-2-1-3-6-17/h1-3,5-6,8-13,18,25,29H,4,7,14H2,(H,24,26)(H2,22,23,27,28). The molecule has 0 bridgehead atoms. The summed E-state index contributed by atoms with van der Waals surface area (Å²) in [6, 6.07) is 14.4. The highest BCUT2D eigenvalue weighted by Crippen LogP contribution is 2.19. The van der Waals surface area contributed by atoms with Crippen molar-refractivity contribution in [1.82, 2.24) is 16.1 Å². The summed E-state index contributed by atoms with van der Waals surface area (Å²) >= 11 is 0. The average Bonchev–Trinajstić information content (AvgIpc) is 2.75. The third kappa shape index (κ3) is 7.21. The van der Waals surface area contributed by atoms with Gasteiger partial charge in [0.15, 0.2) is 0 Å². The van der Waals surface area contributed by atoms with Gasteiger partial charge in [0.25, 0.3) is 11.8 Å². The molecule has 0 spiro atoms. The van der Waals surface area contributed by atoms with Crippen LogP contribution in [0.5, 0.6) is 0 Å². The maximum atomic E-state index is 12.3. The Bertz CT molecular complexity index is 850. The molecule has 0 saturated heterocycles. The van der Waals surface area contributed by atoms with Gasteiger partial charge in [0, 0.05) is 18.2 Å². The first-order chi connectivity index (χ1) is 14.0. The molecule has 2 rings (SSSR count). The minimum atomic E-state index is -0.642. The van der Waals surface area contributed by atoms with Crippen LogP contribution in [0.3, 0.4) is 0 Å². The van der Waals surface area contributed by atoms with E-state index in [4.69, 9.17) is 10.3 Å². The summed E-state index contributed by atoms with van der Waals surface area (Å²) in [7, 11) is 0. The molecule has 0 aliphatic heterocycles. The number of carbonyl (C=O) groups is 3. The van der Waals surface area contributed by atoms with E-state index in [9.17, 15) is 14.4 Å². The minimum absolute atomic E-state index is 0.0279. The van der Waals surface area contributed by atoms with Gasteiger partial charge in [0.1, 0.15) is 0 Å². The van der Waals surface area contributed by atoms with Crippen LogP contribution in [0.2, 0.25) is 0 Å². The summed E-state index contributed by atoms with van der Waals surface area (Å²) in [5.74, 6) is -1.15. The van der Waals surface area contributed by atoms with Gasteiger partial charge in [-0.05, 0) is 42.2 Å². The van der Waals surface area contributed by atoms with Crippen molar-refractivity contribution in [3.63, 3.8) is 0 Å². The number of aliphatic hydroxyl groups excluding tert-OH is 1. The largest absolute Gasteiger partial charge is 0.396 e. The smallest absolute Gasteiger partial charge is 0.322 e. The zero-order chi connectivity index (χ0) is 21.1. The van der Waals surface area contributed by atoms with Crippen molar-refractivity contribution in [2.24, 2.45) is 0 Å².